The van der Waals surface area contributed by atoms with Crippen LogP contribution in [0.5, 0.6) is 0 Å². The Balaban J connectivity index is 1.76. The molecule has 1 fully saturated rings. The Morgan fingerprint density at radius 3 is 2.57 bits per heavy atom. The summed E-state index contributed by atoms with van der Waals surface area (Å²) in [6.45, 7) is 1.37. The molecule has 0 spiro atoms. The second-order valence-corrected chi connectivity index (χ2v) is 6.71. The van der Waals surface area contributed by atoms with E-state index in [0.29, 0.717) is 17.7 Å². The van der Waals surface area contributed by atoms with Gasteiger partial charge in [0.25, 0.3) is 5.91 Å². The van der Waals surface area contributed by atoms with Crippen LogP contribution in [0, 0.1) is 11.3 Å². The fraction of sp³-hybridized carbons (Fsp3) is 0.200. The summed E-state index contributed by atoms with van der Waals surface area (Å²) in [6.07, 6.45) is 0.352. The topological polar surface area (TPSA) is 102 Å². The fourth-order valence-corrected chi connectivity index (χ4v) is 3.38. The van der Waals surface area contributed by atoms with Gasteiger partial charge in [0.15, 0.2) is 0 Å². The average Bonchev–Trinajstić information content (AvgIpc) is 2.94. The molecular weight excluding hydrogens is 380 g/mol. The summed E-state index contributed by atoms with van der Waals surface area (Å²) >= 11 is 5.95. The minimum Gasteiger partial charge on any atom is -0.324 e. The van der Waals surface area contributed by atoms with Crippen LogP contribution in [0.4, 0.5) is 10.5 Å². The molecule has 1 unspecified atom stereocenters. The zero-order valence-electron chi connectivity index (χ0n) is 15.0. The molecule has 8 heteroatoms. The summed E-state index contributed by atoms with van der Waals surface area (Å²) < 4.78 is 0. The maximum atomic E-state index is 13.0. The second-order valence-electron chi connectivity index (χ2n) is 6.30. The summed E-state index contributed by atoms with van der Waals surface area (Å²) in [4.78, 5) is 38.7. The van der Waals surface area contributed by atoms with Crippen molar-refractivity contribution in [3.63, 3.8) is 0 Å². The number of nitriles is 1. The van der Waals surface area contributed by atoms with Crippen LogP contribution >= 0.6 is 11.6 Å². The zero-order chi connectivity index (χ0) is 20.3. The molecule has 142 valence electrons. The maximum Gasteiger partial charge on any atom is 0.325 e. The first kappa shape index (κ1) is 19.4. The van der Waals surface area contributed by atoms with Crippen LogP contribution in [0.1, 0.15) is 24.5 Å². The molecule has 0 aliphatic carbocycles. The number of rotatable bonds is 5. The number of nitrogens with zero attached hydrogens (tertiary/aromatic N) is 2. The highest BCUT2D eigenvalue weighted by molar-refractivity contribution is 6.32. The first-order chi connectivity index (χ1) is 13.4. The smallest absolute Gasteiger partial charge is 0.324 e. The van der Waals surface area contributed by atoms with Crippen molar-refractivity contribution >= 4 is 35.1 Å². The number of urea groups is 1. The highest BCUT2D eigenvalue weighted by Crippen LogP contribution is 2.32. The van der Waals surface area contributed by atoms with E-state index in [1.54, 1.807) is 31.2 Å². The van der Waals surface area contributed by atoms with Gasteiger partial charge in [0, 0.05) is 5.69 Å². The molecule has 2 aromatic rings. The van der Waals surface area contributed by atoms with Crippen LogP contribution < -0.4 is 10.6 Å². The molecule has 2 N–H and O–H groups in total. The van der Waals surface area contributed by atoms with E-state index < -0.39 is 29.9 Å². The van der Waals surface area contributed by atoms with Crippen LogP contribution in [-0.2, 0) is 15.1 Å². The summed E-state index contributed by atoms with van der Waals surface area (Å²) in [5, 5.41) is 14.4. The van der Waals surface area contributed by atoms with Crippen LogP contribution in [0.2, 0.25) is 5.02 Å². The van der Waals surface area contributed by atoms with Crippen molar-refractivity contribution in [3.8, 4) is 6.07 Å². The normalized spacial score (nSPS) is 18.5. The number of carbonyl (C=O) groups is 3. The van der Waals surface area contributed by atoms with E-state index in [9.17, 15) is 14.4 Å². The molecule has 1 atom stereocenters. The van der Waals surface area contributed by atoms with E-state index in [4.69, 9.17) is 16.9 Å². The molecule has 1 heterocycles. The molecule has 0 aromatic heterocycles. The highest BCUT2D eigenvalue weighted by atomic mass is 35.5. The van der Waals surface area contributed by atoms with Gasteiger partial charge in [0.05, 0.1) is 10.6 Å². The quantitative estimate of drug-likeness (QED) is 0.758. The van der Waals surface area contributed by atoms with Crippen LogP contribution in [-0.4, -0.2) is 29.3 Å². The Bertz CT molecular complexity index is 987. The van der Waals surface area contributed by atoms with Gasteiger partial charge in [-0.1, -0.05) is 48.9 Å². The molecule has 7 nitrogen and oxygen atoms in total. The Morgan fingerprint density at radius 2 is 1.96 bits per heavy atom. The SMILES string of the molecule is CCC1(c2ccccc2)NC(=O)N(CC(=O)Nc2ccc(C#N)c(Cl)c2)C1=O. The van der Waals surface area contributed by atoms with Gasteiger partial charge in [-0.25, -0.2) is 4.79 Å². The minimum absolute atomic E-state index is 0.198. The molecule has 1 aliphatic rings. The lowest BCUT2D eigenvalue weighted by atomic mass is 9.87. The Morgan fingerprint density at radius 1 is 1.25 bits per heavy atom. The molecule has 0 radical (unpaired) electrons. The van der Waals surface area contributed by atoms with Crippen LogP contribution in [0.15, 0.2) is 48.5 Å². The first-order valence-corrected chi connectivity index (χ1v) is 8.98. The maximum absolute atomic E-state index is 13.0. The van der Waals surface area contributed by atoms with Gasteiger partial charge in [0.1, 0.15) is 18.2 Å². The lowest BCUT2D eigenvalue weighted by molar-refractivity contribution is -0.134. The number of anilines is 1. The molecule has 0 bridgehead atoms. The van der Waals surface area contributed by atoms with E-state index in [-0.39, 0.29) is 10.6 Å². The van der Waals surface area contributed by atoms with Gasteiger partial charge in [-0.05, 0) is 30.2 Å². The lowest BCUT2D eigenvalue weighted by Crippen LogP contribution is -2.44. The molecule has 1 saturated heterocycles. The number of imide groups is 1. The van der Waals surface area contributed by atoms with Crippen molar-refractivity contribution in [2.45, 2.75) is 18.9 Å². The zero-order valence-corrected chi connectivity index (χ0v) is 15.8. The standard InChI is InChI=1S/C20H17ClN4O3/c1-2-20(14-6-4-3-5-7-14)18(27)25(19(28)24-20)12-17(26)23-15-9-8-13(11-22)16(21)10-15/h3-10H,2,12H2,1H3,(H,23,26)(H,24,28). The lowest BCUT2D eigenvalue weighted by Gasteiger charge is -2.25. The Labute approximate surface area is 166 Å². The third kappa shape index (κ3) is 3.42. The summed E-state index contributed by atoms with van der Waals surface area (Å²) in [5.41, 5.74) is 0.129. The number of amides is 4. The Hall–Kier alpha value is -3.37. The number of benzene rings is 2. The molecule has 3 rings (SSSR count). The van der Waals surface area contributed by atoms with Crippen LogP contribution in [0.3, 0.4) is 0 Å². The summed E-state index contributed by atoms with van der Waals surface area (Å²) in [7, 11) is 0. The molecule has 28 heavy (non-hydrogen) atoms. The van der Waals surface area contributed by atoms with Gasteiger partial charge in [-0.3, -0.25) is 14.5 Å². The number of hydrogen-bond acceptors (Lipinski definition) is 4. The average molecular weight is 397 g/mol. The number of halogens is 1. The van der Waals surface area contributed by atoms with Crippen molar-refractivity contribution in [1.82, 2.24) is 10.2 Å². The van der Waals surface area contributed by atoms with Crippen molar-refractivity contribution < 1.29 is 14.4 Å². The van der Waals surface area contributed by atoms with Gasteiger partial charge in [-0.15, -0.1) is 0 Å². The van der Waals surface area contributed by atoms with Crippen molar-refractivity contribution in [1.29, 1.82) is 5.26 Å². The first-order valence-electron chi connectivity index (χ1n) is 8.60. The molecule has 4 amide bonds. The molecule has 0 saturated carbocycles. The third-order valence-corrected chi connectivity index (χ3v) is 4.96. The predicted octanol–water partition coefficient (Wildman–Crippen LogP) is 3.01. The van der Waals surface area contributed by atoms with E-state index in [1.807, 2.05) is 12.1 Å². The predicted molar refractivity (Wildman–Crippen MR) is 103 cm³/mol. The third-order valence-electron chi connectivity index (χ3n) is 4.65. The Kier molecular flexibility index (Phi) is 5.34. The van der Waals surface area contributed by atoms with E-state index >= 15 is 0 Å². The van der Waals surface area contributed by atoms with Crippen LogP contribution in [0.25, 0.3) is 0 Å². The number of carbonyl (C=O) groups excluding carboxylic acids is 3. The van der Waals surface area contributed by atoms with Crippen molar-refractivity contribution in [2.75, 3.05) is 11.9 Å². The summed E-state index contributed by atoms with van der Waals surface area (Å²) in [5.74, 6) is -1.02. The second kappa shape index (κ2) is 7.71. The number of nitrogens with one attached hydrogen (secondary N) is 2. The largest absolute Gasteiger partial charge is 0.325 e. The summed E-state index contributed by atoms with van der Waals surface area (Å²) in [6, 6.07) is 14.7. The van der Waals surface area contributed by atoms with E-state index in [2.05, 4.69) is 10.6 Å². The van der Waals surface area contributed by atoms with Gasteiger partial charge < -0.3 is 10.6 Å². The van der Waals surface area contributed by atoms with E-state index in [0.717, 1.165) is 4.90 Å². The van der Waals surface area contributed by atoms with Gasteiger partial charge in [-0.2, -0.15) is 5.26 Å². The van der Waals surface area contributed by atoms with Crippen molar-refractivity contribution in [3.05, 3.63) is 64.7 Å². The highest BCUT2D eigenvalue weighted by Gasteiger charge is 2.51. The monoisotopic (exact) mass is 396 g/mol. The number of hydrogen-bond donors (Lipinski definition) is 2. The van der Waals surface area contributed by atoms with E-state index in [1.165, 1.54) is 18.2 Å². The molecular formula is C20H17ClN4O3. The van der Waals surface area contributed by atoms with Gasteiger partial charge >= 0.3 is 6.03 Å². The molecule has 1 aliphatic heterocycles. The fourth-order valence-electron chi connectivity index (χ4n) is 3.16. The minimum atomic E-state index is -1.18. The molecule has 2 aromatic carbocycles. The van der Waals surface area contributed by atoms with Crippen molar-refractivity contribution in [2.24, 2.45) is 0 Å². The van der Waals surface area contributed by atoms with Gasteiger partial charge in [0.2, 0.25) is 5.91 Å².